The molecule has 4 aliphatic rings. The lowest BCUT2D eigenvalue weighted by Gasteiger charge is -2.45. The van der Waals surface area contributed by atoms with E-state index in [1.807, 2.05) is 49.4 Å². The quantitative estimate of drug-likeness (QED) is 0.252. The van der Waals surface area contributed by atoms with E-state index in [1.165, 1.54) is 11.0 Å². The van der Waals surface area contributed by atoms with E-state index < -0.39 is 30.3 Å². The van der Waals surface area contributed by atoms with Crippen LogP contribution in [0.1, 0.15) is 56.9 Å². The summed E-state index contributed by atoms with van der Waals surface area (Å²) in [5.74, 6) is -3.14. The molecule has 42 heavy (non-hydrogen) atoms. The van der Waals surface area contributed by atoms with E-state index in [9.17, 15) is 19.2 Å². The number of aryl methyl sites for hydroxylation is 1. The topological polar surface area (TPSA) is 92.8 Å². The van der Waals surface area contributed by atoms with Gasteiger partial charge >= 0.3 is 5.97 Å². The number of para-hydroxylation sites is 1. The van der Waals surface area contributed by atoms with Gasteiger partial charge in [0.1, 0.15) is 0 Å². The highest BCUT2D eigenvalue weighted by molar-refractivity contribution is 6.23. The minimum atomic E-state index is -0.716. The first-order chi connectivity index (χ1) is 20.5. The van der Waals surface area contributed by atoms with Crippen LogP contribution in [0, 0.1) is 11.8 Å². The SMILES string of the molecule is CCc1ccccc1NC(=O)COC(=O)c1cccc(N2C(=O)[C@H]3C4c5ccccc5C(c5ccccc54)[C@@H]3C2=O)c1. The summed E-state index contributed by atoms with van der Waals surface area (Å²) < 4.78 is 5.29. The van der Waals surface area contributed by atoms with E-state index in [-0.39, 0.29) is 29.2 Å². The number of anilines is 2. The van der Waals surface area contributed by atoms with Crippen molar-refractivity contribution in [3.8, 4) is 0 Å². The van der Waals surface area contributed by atoms with Crippen molar-refractivity contribution in [3.63, 3.8) is 0 Å². The Morgan fingerprint density at radius 3 is 1.86 bits per heavy atom. The molecular formula is C35H28N2O5. The molecule has 1 aliphatic heterocycles. The average molecular weight is 557 g/mol. The van der Waals surface area contributed by atoms with Crippen LogP contribution in [-0.2, 0) is 25.5 Å². The number of carbonyl (C=O) groups is 4. The minimum absolute atomic E-state index is 0.152. The molecule has 2 bridgehead atoms. The maximum atomic E-state index is 14.0. The Labute approximate surface area is 243 Å². The van der Waals surface area contributed by atoms with Crippen LogP contribution in [-0.4, -0.2) is 30.3 Å². The molecule has 0 radical (unpaired) electrons. The number of nitrogens with zero attached hydrogens (tertiary/aromatic N) is 1. The summed E-state index contributed by atoms with van der Waals surface area (Å²) in [7, 11) is 0. The third kappa shape index (κ3) is 3.96. The Morgan fingerprint density at radius 1 is 0.738 bits per heavy atom. The first kappa shape index (κ1) is 25.9. The van der Waals surface area contributed by atoms with Crippen LogP contribution >= 0.6 is 0 Å². The van der Waals surface area contributed by atoms with Gasteiger partial charge in [-0.15, -0.1) is 0 Å². The van der Waals surface area contributed by atoms with Crippen molar-refractivity contribution in [2.24, 2.45) is 11.8 Å². The number of hydrogen-bond donors (Lipinski definition) is 1. The molecule has 2 atom stereocenters. The molecule has 0 spiro atoms. The summed E-state index contributed by atoms with van der Waals surface area (Å²) in [6.07, 6.45) is 0.748. The summed E-state index contributed by atoms with van der Waals surface area (Å²) in [4.78, 5) is 54.7. The molecule has 7 nitrogen and oxygen atoms in total. The van der Waals surface area contributed by atoms with Crippen molar-refractivity contribution in [1.82, 2.24) is 0 Å². The maximum Gasteiger partial charge on any atom is 0.338 e. The van der Waals surface area contributed by atoms with E-state index in [4.69, 9.17) is 4.74 Å². The smallest absolute Gasteiger partial charge is 0.338 e. The van der Waals surface area contributed by atoms with Gasteiger partial charge in [-0.05, 0) is 58.5 Å². The van der Waals surface area contributed by atoms with Gasteiger partial charge in [0.25, 0.3) is 5.91 Å². The second kappa shape index (κ2) is 10.1. The van der Waals surface area contributed by atoms with Gasteiger partial charge in [-0.25, -0.2) is 9.69 Å². The number of rotatable bonds is 6. The third-order valence-electron chi connectivity index (χ3n) is 8.80. The van der Waals surface area contributed by atoms with Crippen LogP contribution in [0.25, 0.3) is 0 Å². The van der Waals surface area contributed by atoms with Gasteiger partial charge < -0.3 is 10.1 Å². The summed E-state index contributed by atoms with van der Waals surface area (Å²) in [6, 6.07) is 29.9. The fraction of sp³-hybridized carbons (Fsp3) is 0.200. The van der Waals surface area contributed by atoms with Gasteiger partial charge in [0, 0.05) is 17.5 Å². The van der Waals surface area contributed by atoms with Gasteiger partial charge in [-0.2, -0.15) is 0 Å². The normalized spacial score (nSPS) is 21.4. The molecule has 208 valence electrons. The first-order valence-electron chi connectivity index (χ1n) is 14.2. The number of amides is 3. The van der Waals surface area contributed by atoms with Crippen LogP contribution in [0.5, 0.6) is 0 Å². The number of imide groups is 1. The summed E-state index contributed by atoms with van der Waals surface area (Å²) in [6.45, 7) is 1.53. The second-order valence-corrected chi connectivity index (χ2v) is 11.0. The highest BCUT2D eigenvalue weighted by Gasteiger charge is 2.61. The zero-order chi connectivity index (χ0) is 29.0. The number of nitrogens with one attached hydrogen (secondary N) is 1. The Balaban J connectivity index is 1.13. The lowest BCUT2D eigenvalue weighted by molar-refractivity contribution is -0.122. The molecule has 3 amide bonds. The van der Waals surface area contributed by atoms with Crippen molar-refractivity contribution >= 4 is 35.1 Å². The van der Waals surface area contributed by atoms with Crippen molar-refractivity contribution in [2.45, 2.75) is 25.2 Å². The molecule has 1 N–H and O–H groups in total. The molecule has 1 saturated heterocycles. The maximum absolute atomic E-state index is 14.0. The fourth-order valence-electron chi connectivity index (χ4n) is 7.06. The molecule has 1 heterocycles. The van der Waals surface area contributed by atoms with Crippen LogP contribution in [0.2, 0.25) is 0 Å². The lowest BCUT2D eigenvalue weighted by atomic mass is 9.55. The predicted molar refractivity (Wildman–Crippen MR) is 157 cm³/mol. The third-order valence-corrected chi connectivity index (χ3v) is 8.80. The number of ether oxygens (including phenoxy) is 1. The van der Waals surface area contributed by atoms with Crippen LogP contribution in [0.4, 0.5) is 11.4 Å². The van der Waals surface area contributed by atoms with E-state index in [0.29, 0.717) is 11.4 Å². The van der Waals surface area contributed by atoms with E-state index in [0.717, 1.165) is 34.2 Å². The van der Waals surface area contributed by atoms with E-state index in [1.54, 1.807) is 24.3 Å². The van der Waals surface area contributed by atoms with E-state index in [2.05, 4.69) is 29.6 Å². The number of esters is 1. The van der Waals surface area contributed by atoms with Crippen LogP contribution < -0.4 is 10.2 Å². The Kier molecular flexibility index (Phi) is 6.23. The van der Waals surface area contributed by atoms with Crippen molar-refractivity contribution in [2.75, 3.05) is 16.8 Å². The van der Waals surface area contributed by atoms with Gasteiger partial charge in [0.05, 0.1) is 23.1 Å². The molecule has 0 saturated carbocycles. The average Bonchev–Trinajstić information content (AvgIpc) is 3.30. The van der Waals surface area contributed by atoms with Gasteiger partial charge in [-0.3, -0.25) is 14.4 Å². The zero-order valence-electron chi connectivity index (χ0n) is 22.9. The predicted octanol–water partition coefficient (Wildman–Crippen LogP) is 5.44. The second-order valence-electron chi connectivity index (χ2n) is 11.0. The molecule has 3 aliphatic carbocycles. The van der Waals surface area contributed by atoms with Gasteiger partial charge in [0.15, 0.2) is 6.61 Å². The van der Waals surface area contributed by atoms with Gasteiger partial charge in [0.2, 0.25) is 11.8 Å². The highest BCUT2D eigenvalue weighted by Crippen LogP contribution is 2.61. The van der Waals surface area contributed by atoms with Crippen LogP contribution in [0.3, 0.4) is 0 Å². The number of benzene rings is 4. The molecule has 4 aromatic carbocycles. The van der Waals surface area contributed by atoms with Crippen molar-refractivity contribution in [3.05, 3.63) is 130 Å². The Morgan fingerprint density at radius 2 is 1.29 bits per heavy atom. The van der Waals surface area contributed by atoms with Crippen molar-refractivity contribution < 1.29 is 23.9 Å². The highest BCUT2D eigenvalue weighted by atomic mass is 16.5. The molecule has 1 fully saturated rings. The van der Waals surface area contributed by atoms with E-state index >= 15 is 0 Å². The molecule has 7 heteroatoms. The molecule has 8 rings (SSSR count). The standard InChI is InChI=1S/C35H28N2O5/c1-2-20-10-3-8-17-27(20)36-28(38)19-42-35(41)21-11-9-12-22(18-21)37-33(39)31-29-23-13-4-5-14-24(23)30(32(31)34(37)40)26-16-7-6-15-25(26)29/h3-18,29-32H,2,19H2,1H3,(H,36,38)/t29?,30?,31-,32-/m0/s1. The largest absolute Gasteiger partial charge is 0.452 e. The summed E-state index contributed by atoms with van der Waals surface area (Å²) in [5, 5.41) is 2.78. The van der Waals surface area contributed by atoms with Gasteiger partial charge in [-0.1, -0.05) is 79.7 Å². The Hall–Kier alpha value is -5.04. The monoisotopic (exact) mass is 556 g/mol. The van der Waals surface area contributed by atoms with Crippen molar-refractivity contribution in [1.29, 1.82) is 0 Å². The summed E-state index contributed by atoms with van der Waals surface area (Å²) >= 11 is 0. The number of carbonyl (C=O) groups excluding carboxylic acids is 4. The minimum Gasteiger partial charge on any atom is -0.452 e. The lowest BCUT2D eigenvalue weighted by Crippen LogP contribution is -2.41. The molecule has 4 aromatic rings. The molecule has 0 aromatic heterocycles. The molecular weight excluding hydrogens is 528 g/mol. The van der Waals surface area contributed by atoms with Crippen LogP contribution in [0.15, 0.2) is 97.1 Å². The zero-order valence-corrected chi connectivity index (χ0v) is 22.9. The number of hydrogen-bond acceptors (Lipinski definition) is 5. The first-order valence-corrected chi connectivity index (χ1v) is 14.2. The summed E-state index contributed by atoms with van der Waals surface area (Å²) in [5.41, 5.74) is 6.52. The fourth-order valence-corrected chi connectivity index (χ4v) is 7.06. The Bertz CT molecular complexity index is 1660. The molecule has 0 unspecified atom stereocenters.